The average molecular weight is 385 g/mol. The number of nitrogens with zero attached hydrogens (tertiary/aromatic N) is 2. The molecule has 1 N–H and O–H groups in total. The number of aromatic nitrogens is 1. The van der Waals surface area contributed by atoms with Gasteiger partial charge in [-0.1, -0.05) is 28.4 Å². The second kappa shape index (κ2) is 7.64. The first-order chi connectivity index (χ1) is 11.9. The highest BCUT2D eigenvalue weighted by atomic mass is 35.5. The molecule has 6 nitrogen and oxygen atoms in total. The third-order valence-corrected chi connectivity index (χ3v) is 4.92. The van der Waals surface area contributed by atoms with Crippen LogP contribution in [0.15, 0.2) is 22.7 Å². The molecule has 0 amide bonds. The molecule has 1 aliphatic heterocycles. The van der Waals surface area contributed by atoms with Crippen LogP contribution < -0.4 is 4.74 Å². The summed E-state index contributed by atoms with van der Waals surface area (Å²) < 4.78 is 11.0. The third-order valence-electron chi connectivity index (χ3n) is 4.18. The van der Waals surface area contributed by atoms with Crippen molar-refractivity contribution < 1.29 is 19.2 Å². The minimum Gasteiger partial charge on any atom is -0.489 e. The van der Waals surface area contributed by atoms with E-state index in [1.54, 1.807) is 25.1 Å². The zero-order chi connectivity index (χ0) is 18.0. The van der Waals surface area contributed by atoms with Gasteiger partial charge < -0.3 is 14.4 Å². The standard InChI is InChI=1S/C17H18Cl2N2O4/c1-10-16(17(22)23)15(20-25-10)9-21-6-2-3-12(8-21)24-11-4-5-13(18)14(19)7-11/h4-5,7,12H,2-3,6,8-9H2,1H3,(H,22,23). The molecule has 2 aromatic rings. The van der Waals surface area contributed by atoms with Gasteiger partial charge in [0.15, 0.2) is 0 Å². The first kappa shape index (κ1) is 18.0. The van der Waals surface area contributed by atoms with Gasteiger partial charge in [-0.2, -0.15) is 0 Å². The molecule has 0 bridgehead atoms. The molecule has 134 valence electrons. The summed E-state index contributed by atoms with van der Waals surface area (Å²) in [5, 5.41) is 14.1. The van der Waals surface area contributed by atoms with Crippen molar-refractivity contribution in [3.8, 4) is 5.75 Å². The molecule has 0 radical (unpaired) electrons. The Morgan fingerprint density at radius 2 is 2.24 bits per heavy atom. The van der Waals surface area contributed by atoms with E-state index in [9.17, 15) is 9.90 Å². The first-order valence-electron chi connectivity index (χ1n) is 7.96. The Balaban J connectivity index is 1.65. The van der Waals surface area contributed by atoms with Gasteiger partial charge in [-0.05, 0) is 38.4 Å². The van der Waals surface area contributed by atoms with Crippen LogP contribution in [0.2, 0.25) is 10.0 Å². The normalized spacial score (nSPS) is 18.3. The molecule has 0 aliphatic carbocycles. The van der Waals surface area contributed by atoms with Gasteiger partial charge in [-0.25, -0.2) is 4.79 Å². The largest absolute Gasteiger partial charge is 0.489 e. The van der Waals surface area contributed by atoms with Gasteiger partial charge in [-0.15, -0.1) is 0 Å². The van der Waals surface area contributed by atoms with Gasteiger partial charge in [0, 0.05) is 19.2 Å². The summed E-state index contributed by atoms with van der Waals surface area (Å²) in [4.78, 5) is 13.5. The molecule has 1 aliphatic rings. The fourth-order valence-corrected chi connectivity index (χ4v) is 3.30. The number of likely N-dealkylation sites (tertiary alicyclic amines) is 1. The Bertz CT molecular complexity index is 778. The molecule has 1 aromatic carbocycles. The lowest BCUT2D eigenvalue weighted by atomic mass is 10.1. The maximum Gasteiger partial charge on any atom is 0.341 e. The number of hydrogen-bond donors (Lipinski definition) is 1. The molecule has 1 aromatic heterocycles. The number of ether oxygens (including phenoxy) is 1. The Labute approximate surface area is 155 Å². The number of aryl methyl sites for hydroxylation is 1. The van der Waals surface area contributed by atoms with E-state index in [2.05, 4.69) is 10.1 Å². The molecule has 25 heavy (non-hydrogen) atoms. The predicted octanol–water partition coefficient (Wildman–Crippen LogP) is 4.03. The SMILES string of the molecule is Cc1onc(CN2CCCC(Oc3ccc(Cl)c(Cl)c3)C2)c1C(=O)O. The number of halogens is 2. The molecular formula is C17H18Cl2N2O4. The third kappa shape index (κ3) is 4.26. The van der Waals surface area contributed by atoms with Crippen molar-refractivity contribution in [1.29, 1.82) is 0 Å². The van der Waals surface area contributed by atoms with Crippen LogP contribution >= 0.6 is 23.2 Å². The zero-order valence-electron chi connectivity index (χ0n) is 13.7. The number of carbonyl (C=O) groups is 1. The van der Waals surface area contributed by atoms with Crippen LogP contribution in [-0.2, 0) is 6.54 Å². The number of rotatable bonds is 5. The molecule has 1 fully saturated rings. The molecule has 1 saturated heterocycles. The maximum atomic E-state index is 11.3. The molecule has 0 spiro atoms. The summed E-state index contributed by atoms with van der Waals surface area (Å²) in [5.41, 5.74) is 0.590. The van der Waals surface area contributed by atoms with Crippen LogP contribution in [0, 0.1) is 6.92 Å². The lowest BCUT2D eigenvalue weighted by Crippen LogP contribution is -2.40. The summed E-state index contributed by atoms with van der Waals surface area (Å²) in [6.45, 7) is 3.55. The van der Waals surface area contributed by atoms with Crippen LogP contribution in [-0.4, -0.2) is 40.3 Å². The summed E-state index contributed by atoms with van der Waals surface area (Å²) in [5.74, 6) is -0.0257. The minimum atomic E-state index is -1.02. The maximum absolute atomic E-state index is 11.3. The Morgan fingerprint density at radius 3 is 2.96 bits per heavy atom. The fourth-order valence-electron chi connectivity index (χ4n) is 3.01. The molecular weight excluding hydrogens is 367 g/mol. The fraction of sp³-hybridized carbons (Fsp3) is 0.412. The summed E-state index contributed by atoms with van der Waals surface area (Å²) in [7, 11) is 0. The van der Waals surface area contributed by atoms with Crippen molar-refractivity contribution in [2.45, 2.75) is 32.4 Å². The number of hydrogen-bond acceptors (Lipinski definition) is 5. The van der Waals surface area contributed by atoms with E-state index in [0.717, 1.165) is 19.4 Å². The number of benzene rings is 1. The van der Waals surface area contributed by atoms with Crippen LogP contribution in [0.3, 0.4) is 0 Å². The second-order valence-corrected chi connectivity index (χ2v) is 6.87. The predicted molar refractivity (Wildman–Crippen MR) is 93.6 cm³/mol. The van der Waals surface area contributed by atoms with Crippen molar-refractivity contribution in [3.63, 3.8) is 0 Å². The van der Waals surface area contributed by atoms with E-state index in [1.165, 1.54) is 0 Å². The number of aromatic carboxylic acids is 1. The topological polar surface area (TPSA) is 75.8 Å². The monoisotopic (exact) mass is 384 g/mol. The lowest BCUT2D eigenvalue weighted by Gasteiger charge is -2.32. The Morgan fingerprint density at radius 1 is 1.44 bits per heavy atom. The minimum absolute atomic E-state index is 0.00716. The van der Waals surface area contributed by atoms with Gasteiger partial charge in [-0.3, -0.25) is 4.90 Å². The van der Waals surface area contributed by atoms with Crippen LogP contribution in [0.1, 0.15) is 34.7 Å². The van der Waals surface area contributed by atoms with E-state index in [0.29, 0.717) is 40.3 Å². The highest BCUT2D eigenvalue weighted by Gasteiger charge is 2.26. The molecule has 2 heterocycles. The Hall–Kier alpha value is -1.76. The van der Waals surface area contributed by atoms with Gasteiger partial charge >= 0.3 is 5.97 Å². The van der Waals surface area contributed by atoms with Crippen molar-refractivity contribution in [2.75, 3.05) is 13.1 Å². The second-order valence-electron chi connectivity index (χ2n) is 6.06. The van der Waals surface area contributed by atoms with Gasteiger partial charge in [0.2, 0.25) is 0 Å². The van der Waals surface area contributed by atoms with Crippen LogP contribution in [0.5, 0.6) is 5.75 Å². The molecule has 8 heteroatoms. The van der Waals surface area contributed by atoms with Crippen molar-refractivity contribution >= 4 is 29.2 Å². The lowest BCUT2D eigenvalue weighted by molar-refractivity contribution is 0.0687. The molecule has 1 atom stereocenters. The van der Waals surface area contributed by atoms with Crippen molar-refractivity contribution in [1.82, 2.24) is 10.1 Å². The zero-order valence-corrected chi connectivity index (χ0v) is 15.2. The summed E-state index contributed by atoms with van der Waals surface area (Å²) in [6.07, 6.45) is 1.86. The van der Waals surface area contributed by atoms with Crippen LogP contribution in [0.25, 0.3) is 0 Å². The molecule has 0 saturated carbocycles. The summed E-state index contributed by atoms with van der Waals surface area (Å²) >= 11 is 11.9. The van der Waals surface area contributed by atoms with E-state index in [1.807, 2.05) is 0 Å². The van der Waals surface area contributed by atoms with Crippen molar-refractivity contribution in [2.24, 2.45) is 0 Å². The first-order valence-corrected chi connectivity index (χ1v) is 8.72. The number of piperidine rings is 1. The highest BCUT2D eigenvalue weighted by molar-refractivity contribution is 6.42. The highest BCUT2D eigenvalue weighted by Crippen LogP contribution is 2.28. The average Bonchev–Trinajstić information content (AvgIpc) is 2.92. The number of carboxylic acid groups (broad SMARTS) is 1. The Kier molecular flexibility index (Phi) is 5.51. The van der Waals surface area contributed by atoms with Crippen LogP contribution in [0.4, 0.5) is 0 Å². The van der Waals surface area contributed by atoms with E-state index in [4.69, 9.17) is 32.5 Å². The van der Waals surface area contributed by atoms with Gasteiger partial charge in [0.25, 0.3) is 0 Å². The van der Waals surface area contributed by atoms with E-state index >= 15 is 0 Å². The smallest absolute Gasteiger partial charge is 0.341 e. The van der Waals surface area contributed by atoms with E-state index < -0.39 is 5.97 Å². The molecule has 3 rings (SSSR count). The van der Waals surface area contributed by atoms with E-state index in [-0.39, 0.29) is 11.7 Å². The van der Waals surface area contributed by atoms with Gasteiger partial charge in [0.1, 0.15) is 28.9 Å². The quantitative estimate of drug-likeness (QED) is 0.838. The van der Waals surface area contributed by atoms with Crippen molar-refractivity contribution in [3.05, 3.63) is 45.3 Å². The van der Waals surface area contributed by atoms with Gasteiger partial charge in [0.05, 0.1) is 10.0 Å². The molecule has 1 unspecified atom stereocenters. The number of carboxylic acids is 1. The summed E-state index contributed by atoms with van der Waals surface area (Å²) in [6, 6.07) is 5.19.